The van der Waals surface area contributed by atoms with E-state index in [2.05, 4.69) is 46.6 Å². The minimum atomic E-state index is -0.621. The lowest BCUT2D eigenvalue weighted by Gasteiger charge is -2.22. The zero-order valence-electron chi connectivity index (χ0n) is 22.3. The van der Waals surface area contributed by atoms with Crippen molar-refractivity contribution in [2.75, 3.05) is 13.7 Å². The van der Waals surface area contributed by atoms with Gasteiger partial charge in [0.05, 0.1) is 17.6 Å². The van der Waals surface area contributed by atoms with Crippen LogP contribution in [0.1, 0.15) is 81.0 Å². The second-order valence-corrected chi connectivity index (χ2v) is 10.9. The number of nitrogens with one attached hydrogen (secondary N) is 2. The molecule has 2 aromatic heterocycles. The molecule has 0 aliphatic carbocycles. The molecule has 2 heterocycles. The molecule has 1 unspecified atom stereocenters. The molecule has 0 fully saturated rings. The topological polar surface area (TPSA) is 85.2 Å². The summed E-state index contributed by atoms with van der Waals surface area (Å²) in [4.78, 5) is 32.4. The number of carbonyl (C=O) groups is 2. The summed E-state index contributed by atoms with van der Waals surface area (Å²) in [7, 11) is 1.60. The maximum absolute atomic E-state index is 13.2. The van der Waals surface area contributed by atoms with Crippen molar-refractivity contribution in [3.05, 3.63) is 52.0 Å². The van der Waals surface area contributed by atoms with E-state index in [0.717, 1.165) is 36.1 Å². The van der Waals surface area contributed by atoms with E-state index in [1.165, 1.54) is 4.88 Å². The van der Waals surface area contributed by atoms with Crippen LogP contribution in [0.2, 0.25) is 0 Å². The number of methoxy groups -OCH3 is 1. The Labute approximate surface area is 218 Å². The number of nitrogens with zero attached hydrogens (tertiary/aromatic N) is 2. The lowest BCUT2D eigenvalue weighted by Crippen LogP contribution is -2.50. The lowest BCUT2D eigenvalue weighted by atomic mass is 10.0. The van der Waals surface area contributed by atoms with Crippen molar-refractivity contribution in [3.8, 4) is 0 Å². The number of imidazole rings is 1. The first kappa shape index (κ1) is 27.9. The number of hydrogen-bond donors (Lipinski definition) is 2. The van der Waals surface area contributed by atoms with Gasteiger partial charge in [-0.3, -0.25) is 9.59 Å². The predicted octanol–water partition coefficient (Wildman–Crippen LogP) is 5.35. The van der Waals surface area contributed by atoms with E-state index in [-0.39, 0.29) is 23.8 Å². The minimum Gasteiger partial charge on any atom is -0.383 e. The number of fused-ring (bicyclic) bond motifs is 1. The lowest BCUT2D eigenvalue weighted by molar-refractivity contribution is -0.124. The van der Waals surface area contributed by atoms with Gasteiger partial charge in [0.1, 0.15) is 11.9 Å². The van der Waals surface area contributed by atoms with Crippen molar-refractivity contribution in [1.82, 2.24) is 20.2 Å². The van der Waals surface area contributed by atoms with Crippen LogP contribution in [0, 0.1) is 5.92 Å². The molecule has 0 aliphatic heterocycles. The van der Waals surface area contributed by atoms with Crippen LogP contribution in [-0.4, -0.2) is 47.2 Å². The summed E-state index contributed by atoms with van der Waals surface area (Å²) in [6.07, 6.45) is 3.33. The van der Waals surface area contributed by atoms with E-state index < -0.39 is 6.04 Å². The smallest absolute Gasteiger partial charge is 0.252 e. The van der Waals surface area contributed by atoms with E-state index in [0.29, 0.717) is 24.6 Å². The van der Waals surface area contributed by atoms with E-state index in [9.17, 15) is 9.59 Å². The van der Waals surface area contributed by atoms with Crippen LogP contribution >= 0.6 is 11.3 Å². The van der Waals surface area contributed by atoms with Gasteiger partial charge < -0.3 is 19.9 Å². The standard InChI is InChI=1S/C28H40N4O3S/c1-7-21(8-2)32-25-12-11-20(15-23(25)30-26(32)16-22-10-9-13-36-22)27(33)31-24(14-18(3)4)28(34)29-19(5)17-35-6/h9-13,15,18-19,21,24H,7-8,14,16-17H2,1-6H3,(H,29,34)(H,31,33)/t19?,24-/m0/s1. The number of thiophene rings is 1. The van der Waals surface area contributed by atoms with Gasteiger partial charge in [-0.15, -0.1) is 11.3 Å². The third kappa shape index (κ3) is 6.95. The molecule has 0 aliphatic rings. The van der Waals surface area contributed by atoms with Crippen molar-refractivity contribution in [3.63, 3.8) is 0 Å². The average molecular weight is 513 g/mol. The van der Waals surface area contributed by atoms with Crippen molar-refractivity contribution in [1.29, 1.82) is 0 Å². The highest BCUT2D eigenvalue weighted by atomic mass is 32.1. The predicted molar refractivity (Wildman–Crippen MR) is 147 cm³/mol. The number of rotatable bonds is 13. The molecule has 0 saturated heterocycles. The highest BCUT2D eigenvalue weighted by Crippen LogP contribution is 2.28. The number of benzene rings is 1. The number of aromatic nitrogens is 2. The van der Waals surface area contributed by atoms with Crippen LogP contribution in [-0.2, 0) is 16.0 Å². The third-order valence-corrected chi connectivity index (χ3v) is 7.26. The Hall–Kier alpha value is -2.71. The van der Waals surface area contributed by atoms with Gasteiger partial charge in [-0.1, -0.05) is 33.8 Å². The van der Waals surface area contributed by atoms with Crippen molar-refractivity contribution >= 4 is 34.2 Å². The summed E-state index contributed by atoms with van der Waals surface area (Å²) in [6.45, 7) is 10.8. The molecule has 1 aromatic carbocycles. The first-order valence-corrected chi connectivity index (χ1v) is 13.8. The summed E-state index contributed by atoms with van der Waals surface area (Å²) in [6, 6.07) is 9.46. The zero-order valence-corrected chi connectivity index (χ0v) is 23.2. The molecule has 36 heavy (non-hydrogen) atoms. The molecule has 2 atom stereocenters. The summed E-state index contributed by atoms with van der Waals surface area (Å²) in [5, 5.41) is 7.98. The Morgan fingerprint density at radius 3 is 2.47 bits per heavy atom. The van der Waals surface area contributed by atoms with Gasteiger partial charge in [0.15, 0.2) is 0 Å². The van der Waals surface area contributed by atoms with Crippen molar-refractivity contribution < 1.29 is 14.3 Å². The normalized spacial score (nSPS) is 13.3. The molecule has 7 nitrogen and oxygen atoms in total. The second-order valence-electron chi connectivity index (χ2n) is 9.85. The van der Waals surface area contributed by atoms with Crippen LogP contribution in [0.5, 0.6) is 0 Å². The Bertz CT molecular complexity index is 1140. The second kappa shape index (κ2) is 13.0. The Kier molecular flexibility index (Phi) is 10.1. The largest absolute Gasteiger partial charge is 0.383 e. The van der Waals surface area contributed by atoms with Crippen LogP contribution in [0.15, 0.2) is 35.7 Å². The van der Waals surface area contributed by atoms with Gasteiger partial charge in [-0.05, 0) is 61.7 Å². The Balaban J connectivity index is 1.88. The molecule has 3 rings (SSSR count). The molecular formula is C28H40N4O3S. The third-order valence-electron chi connectivity index (χ3n) is 6.38. The fourth-order valence-corrected chi connectivity index (χ4v) is 5.33. The van der Waals surface area contributed by atoms with E-state index >= 15 is 0 Å². The molecule has 2 amide bonds. The number of carbonyl (C=O) groups excluding carboxylic acids is 2. The molecule has 196 valence electrons. The van der Waals surface area contributed by atoms with Crippen molar-refractivity contribution in [2.45, 2.75) is 78.4 Å². The van der Waals surface area contributed by atoms with E-state index in [1.807, 2.05) is 39.0 Å². The summed E-state index contributed by atoms with van der Waals surface area (Å²) >= 11 is 1.73. The average Bonchev–Trinajstić information content (AvgIpc) is 3.47. The molecule has 8 heteroatoms. The Morgan fingerprint density at radius 1 is 1.11 bits per heavy atom. The van der Waals surface area contributed by atoms with E-state index in [4.69, 9.17) is 9.72 Å². The molecule has 0 saturated carbocycles. The first-order valence-electron chi connectivity index (χ1n) is 12.9. The highest BCUT2D eigenvalue weighted by molar-refractivity contribution is 7.09. The summed E-state index contributed by atoms with van der Waals surface area (Å²) < 4.78 is 7.46. The maximum Gasteiger partial charge on any atom is 0.252 e. The van der Waals surface area contributed by atoms with Gasteiger partial charge in [0.2, 0.25) is 5.91 Å². The first-order chi connectivity index (χ1) is 17.3. The zero-order chi connectivity index (χ0) is 26.2. The van der Waals surface area contributed by atoms with Crippen LogP contribution in [0.25, 0.3) is 11.0 Å². The molecule has 2 N–H and O–H groups in total. The number of hydrogen-bond acceptors (Lipinski definition) is 5. The fraction of sp³-hybridized carbons (Fsp3) is 0.536. The maximum atomic E-state index is 13.2. The van der Waals surface area contributed by atoms with Crippen molar-refractivity contribution in [2.24, 2.45) is 5.92 Å². The van der Waals surface area contributed by atoms with Crippen LogP contribution in [0.4, 0.5) is 0 Å². The SMILES string of the molecule is CCC(CC)n1c(Cc2cccs2)nc2cc(C(=O)N[C@@H](CC(C)C)C(=O)NC(C)COC)ccc21. The highest BCUT2D eigenvalue weighted by Gasteiger charge is 2.25. The van der Waals surface area contributed by atoms with Gasteiger partial charge in [0.25, 0.3) is 5.91 Å². The molecule has 0 spiro atoms. The molecule has 0 bridgehead atoms. The van der Waals surface area contributed by atoms with Crippen LogP contribution in [0.3, 0.4) is 0 Å². The van der Waals surface area contributed by atoms with Gasteiger partial charge >= 0.3 is 0 Å². The minimum absolute atomic E-state index is 0.138. The van der Waals surface area contributed by atoms with Crippen LogP contribution < -0.4 is 10.6 Å². The van der Waals surface area contributed by atoms with Gasteiger partial charge in [0, 0.05) is 36.1 Å². The summed E-state index contributed by atoms with van der Waals surface area (Å²) in [5.74, 6) is 0.799. The monoisotopic (exact) mass is 512 g/mol. The molecule has 3 aromatic rings. The molecular weight excluding hydrogens is 472 g/mol. The quantitative estimate of drug-likeness (QED) is 0.323. The fourth-order valence-electron chi connectivity index (χ4n) is 4.62. The van der Waals surface area contributed by atoms with E-state index in [1.54, 1.807) is 18.4 Å². The number of ether oxygens (including phenoxy) is 1. The Morgan fingerprint density at radius 2 is 1.86 bits per heavy atom. The summed E-state index contributed by atoms with van der Waals surface area (Å²) in [5.41, 5.74) is 2.35. The van der Waals surface area contributed by atoms with Gasteiger partial charge in [-0.25, -0.2) is 4.98 Å². The molecule has 0 radical (unpaired) electrons. The van der Waals surface area contributed by atoms with Gasteiger partial charge in [-0.2, -0.15) is 0 Å². The number of amides is 2.